The van der Waals surface area contributed by atoms with Crippen LogP contribution in [-0.2, 0) is 20.9 Å². The molecule has 0 radical (unpaired) electrons. The van der Waals surface area contributed by atoms with Gasteiger partial charge in [0, 0.05) is 45.7 Å². The molecule has 0 aromatic heterocycles. The summed E-state index contributed by atoms with van der Waals surface area (Å²) >= 11 is 0. The molecule has 0 bridgehead atoms. The zero-order valence-electron chi connectivity index (χ0n) is 15.6. The van der Waals surface area contributed by atoms with Crippen molar-refractivity contribution in [3.63, 3.8) is 0 Å². The summed E-state index contributed by atoms with van der Waals surface area (Å²) in [6, 6.07) is 6.79. The molecule has 27 heavy (non-hydrogen) atoms. The second-order valence-corrected chi connectivity index (χ2v) is 7.76. The number of amides is 2. The molecule has 6 nitrogen and oxygen atoms in total. The molecule has 2 unspecified atom stereocenters. The number of likely N-dealkylation sites (tertiary alicyclic amines) is 2. The van der Waals surface area contributed by atoms with E-state index in [-0.39, 0.29) is 36.4 Å². The number of hydrogen-bond donors (Lipinski definition) is 0. The third kappa shape index (κ3) is 3.84. The second-order valence-electron chi connectivity index (χ2n) is 7.76. The van der Waals surface area contributed by atoms with Gasteiger partial charge in [0.2, 0.25) is 11.8 Å². The standard InChI is InChI=1S/C20H26FN3O3/c1-14(25)22-8-6-17(7-9-22)23-11-18-19(12-23)27-13-20(26)24(18)10-15-2-4-16(21)5-3-15/h2-5,17-19H,6-13H2,1H3. The van der Waals surface area contributed by atoms with Crippen LogP contribution in [0.1, 0.15) is 25.3 Å². The van der Waals surface area contributed by atoms with Crippen molar-refractivity contribution in [2.75, 3.05) is 32.8 Å². The zero-order valence-corrected chi connectivity index (χ0v) is 15.6. The topological polar surface area (TPSA) is 53.1 Å². The molecule has 3 aliphatic heterocycles. The van der Waals surface area contributed by atoms with Crippen LogP contribution in [0.3, 0.4) is 0 Å². The van der Waals surface area contributed by atoms with Crippen molar-refractivity contribution in [1.29, 1.82) is 0 Å². The highest BCUT2D eigenvalue weighted by molar-refractivity contribution is 5.78. The molecule has 0 saturated carbocycles. The Balaban J connectivity index is 1.41. The van der Waals surface area contributed by atoms with Crippen LogP contribution >= 0.6 is 0 Å². The van der Waals surface area contributed by atoms with Crippen molar-refractivity contribution in [2.24, 2.45) is 0 Å². The minimum atomic E-state index is -0.270. The van der Waals surface area contributed by atoms with Gasteiger partial charge in [0.15, 0.2) is 0 Å². The van der Waals surface area contributed by atoms with Crippen LogP contribution < -0.4 is 0 Å². The molecule has 3 saturated heterocycles. The lowest BCUT2D eigenvalue weighted by Crippen LogP contribution is -2.53. The van der Waals surface area contributed by atoms with E-state index >= 15 is 0 Å². The highest BCUT2D eigenvalue weighted by Crippen LogP contribution is 2.29. The summed E-state index contributed by atoms with van der Waals surface area (Å²) in [4.78, 5) is 30.2. The number of nitrogens with zero attached hydrogens (tertiary/aromatic N) is 3. The van der Waals surface area contributed by atoms with Gasteiger partial charge in [-0.2, -0.15) is 0 Å². The van der Waals surface area contributed by atoms with Crippen LogP contribution in [-0.4, -0.2) is 77.5 Å². The van der Waals surface area contributed by atoms with Crippen molar-refractivity contribution in [2.45, 2.75) is 44.5 Å². The molecule has 1 aromatic rings. The third-order valence-electron chi connectivity index (χ3n) is 6.10. The van der Waals surface area contributed by atoms with Gasteiger partial charge in [0.25, 0.3) is 0 Å². The Kier molecular flexibility index (Phi) is 5.14. The number of carbonyl (C=O) groups excluding carboxylic acids is 2. The SMILES string of the molecule is CC(=O)N1CCC(N2CC3OCC(=O)N(Cc4ccc(F)cc4)C3C2)CC1. The Morgan fingerprint density at radius 1 is 1.19 bits per heavy atom. The fourth-order valence-corrected chi connectivity index (χ4v) is 4.53. The maximum atomic E-state index is 13.2. The number of rotatable bonds is 3. The molecule has 2 atom stereocenters. The van der Waals surface area contributed by atoms with Crippen LogP contribution in [0.15, 0.2) is 24.3 Å². The van der Waals surface area contributed by atoms with Gasteiger partial charge in [-0.1, -0.05) is 12.1 Å². The van der Waals surface area contributed by atoms with Gasteiger partial charge in [-0.3, -0.25) is 14.5 Å². The van der Waals surface area contributed by atoms with E-state index in [0.29, 0.717) is 12.6 Å². The molecule has 1 aromatic carbocycles. The normalized spacial score (nSPS) is 27.1. The van der Waals surface area contributed by atoms with Crippen LogP contribution in [0.25, 0.3) is 0 Å². The number of hydrogen-bond acceptors (Lipinski definition) is 4. The average molecular weight is 375 g/mol. The molecule has 3 heterocycles. The smallest absolute Gasteiger partial charge is 0.249 e. The highest BCUT2D eigenvalue weighted by Gasteiger charge is 2.45. The van der Waals surface area contributed by atoms with Crippen LogP contribution in [0, 0.1) is 5.82 Å². The summed E-state index contributed by atoms with van der Waals surface area (Å²) in [6.45, 7) is 5.43. The van der Waals surface area contributed by atoms with Crippen molar-refractivity contribution < 1.29 is 18.7 Å². The van der Waals surface area contributed by atoms with Gasteiger partial charge in [0.1, 0.15) is 12.4 Å². The van der Waals surface area contributed by atoms with Gasteiger partial charge in [0.05, 0.1) is 12.1 Å². The van der Waals surface area contributed by atoms with Crippen molar-refractivity contribution in [1.82, 2.24) is 14.7 Å². The van der Waals surface area contributed by atoms with E-state index in [1.165, 1.54) is 12.1 Å². The lowest BCUT2D eigenvalue weighted by Gasteiger charge is -2.37. The largest absolute Gasteiger partial charge is 0.365 e. The van der Waals surface area contributed by atoms with E-state index in [0.717, 1.165) is 44.6 Å². The maximum absolute atomic E-state index is 13.2. The molecule has 2 amide bonds. The molecule has 3 fully saturated rings. The highest BCUT2D eigenvalue weighted by atomic mass is 19.1. The molecule has 146 valence electrons. The van der Waals surface area contributed by atoms with Gasteiger partial charge >= 0.3 is 0 Å². The van der Waals surface area contributed by atoms with E-state index in [4.69, 9.17) is 4.74 Å². The van der Waals surface area contributed by atoms with E-state index in [1.54, 1.807) is 19.1 Å². The molecule has 0 aliphatic carbocycles. The molecule has 0 spiro atoms. The summed E-state index contributed by atoms with van der Waals surface area (Å²) in [5.74, 6) is -0.134. The number of morpholine rings is 1. The Bertz CT molecular complexity index is 703. The van der Waals surface area contributed by atoms with Crippen molar-refractivity contribution >= 4 is 11.8 Å². The first-order valence-electron chi connectivity index (χ1n) is 9.66. The number of ether oxygens (including phenoxy) is 1. The van der Waals surface area contributed by atoms with Crippen molar-refractivity contribution in [3.05, 3.63) is 35.6 Å². The lowest BCUT2D eigenvalue weighted by atomic mass is 10.0. The Hall–Kier alpha value is -1.99. The summed E-state index contributed by atoms with van der Waals surface area (Å²) in [6.07, 6.45) is 1.95. The van der Waals surface area contributed by atoms with E-state index < -0.39 is 0 Å². The quantitative estimate of drug-likeness (QED) is 0.798. The summed E-state index contributed by atoms with van der Waals surface area (Å²) in [5, 5.41) is 0. The van der Waals surface area contributed by atoms with Crippen LogP contribution in [0.5, 0.6) is 0 Å². The fraction of sp³-hybridized carbons (Fsp3) is 0.600. The Morgan fingerprint density at radius 2 is 1.89 bits per heavy atom. The summed E-state index contributed by atoms with van der Waals surface area (Å²) in [7, 11) is 0. The zero-order chi connectivity index (χ0) is 19.0. The van der Waals surface area contributed by atoms with E-state index in [9.17, 15) is 14.0 Å². The van der Waals surface area contributed by atoms with Gasteiger partial charge < -0.3 is 14.5 Å². The van der Waals surface area contributed by atoms with Crippen LogP contribution in [0.2, 0.25) is 0 Å². The Morgan fingerprint density at radius 3 is 2.56 bits per heavy atom. The Labute approximate surface area is 158 Å². The molecular weight excluding hydrogens is 349 g/mol. The average Bonchev–Trinajstić information content (AvgIpc) is 3.10. The van der Waals surface area contributed by atoms with Gasteiger partial charge in [-0.25, -0.2) is 4.39 Å². The van der Waals surface area contributed by atoms with Gasteiger partial charge in [-0.05, 0) is 30.5 Å². The first-order chi connectivity index (χ1) is 13.0. The molecular formula is C20H26FN3O3. The predicted octanol–water partition coefficient (Wildman–Crippen LogP) is 1.25. The van der Waals surface area contributed by atoms with Crippen LogP contribution in [0.4, 0.5) is 4.39 Å². The minimum Gasteiger partial charge on any atom is -0.365 e. The maximum Gasteiger partial charge on any atom is 0.249 e. The number of carbonyl (C=O) groups is 2. The third-order valence-corrected chi connectivity index (χ3v) is 6.10. The second kappa shape index (κ2) is 7.56. The number of halogens is 1. The minimum absolute atomic E-state index is 0.00572. The molecule has 0 N–H and O–H groups in total. The fourth-order valence-electron chi connectivity index (χ4n) is 4.53. The summed E-state index contributed by atoms with van der Waals surface area (Å²) in [5.41, 5.74) is 0.929. The summed E-state index contributed by atoms with van der Waals surface area (Å²) < 4.78 is 19.0. The van der Waals surface area contributed by atoms with Gasteiger partial charge in [-0.15, -0.1) is 0 Å². The first-order valence-corrected chi connectivity index (χ1v) is 9.66. The van der Waals surface area contributed by atoms with Crippen molar-refractivity contribution in [3.8, 4) is 0 Å². The number of fused-ring (bicyclic) bond motifs is 1. The predicted molar refractivity (Wildman–Crippen MR) is 97.3 cm³/mol. The molecule has 4 rings (SSSR count). The molecule has 3 aliphatic rings. The first kappa shape index (κ1) is 18.4. The number of piperidine rings is 1. The number of benzene rings is 1. The molecule has 7 heteroatoms. The van der Waals surface area contributed by atoms with E-state index in [2.05, 4.69) is 4.90 Å². The van der Waals surface area contributed by atoms with E-state index in [1.807, 2.05) is 9.80 Å². The monoisotopic (exact) mass is 375 g/mol. The lowest BCUT2D eigenvalue weighted by molar-refractivity contribution is -0.153.